The highest BCUT2D eigenvalue weighted by Crippen LogP contribution is 2.24. The van der Waals surface area contributed by atoms with Crippen molar-refractivity contribution in [3.63, 3.8) is 0 Å². The highest BCUT2D eigenvalue weighted by atomic mass is 35.5. The van der Waals surface area contributed by atoms with Crippen LogP contribution < -0.4 is 15.5 Å². The lowest BCUT2D eigenvalue weighted by molar-refractivity contribution is -0.139. The summed E-state index contributed by atoms with van der Waals surface area (Å²) < 4.78 is 0. The number of amides is 2. The molecule has 0 spiro atoms. The zero-order valence-electron chi connectivity index (χ0n) is 18.5. The van der Waals surface area contributed by atoms with Gasteiger partial charge in [0, 0.05) is 36.9 Å². The standard InChI is InChI=1S/C27H28ClN3O2/c28-25-10-4-3-8-22(25)18-30-27(33)26(32)29-16-5-6-20-11-13-24(14-12-20)31-17-15-21-7-1-2-9-23(21)19-31/h1-4,7-14H,5-6,15-19H2,(H,29,32)(H,30,33). The number of nitrogens with one attached hydrogen (secondary N) is 2. The van der Waals surface area contributed by atoms with Gasteiger partial charge in [-0.05, 0) is 59.7 Å². The molecule has 1 heterocycles. The molecule has 2 N–H and O–H groups in total. The van der Waals surface area contributed by atoms with Crippen molar-refractivity contribution in [2.75, 3.05) is 18.0 Å². The fourth-order valence-electron chi connectivity index (χ4n) is 4.06. The molecule has 6 heteroatoms. The largest absolute Gasteiger partial charge is 0.367 e. The summed E-state index contributed by atoms with van der Waals surface area (Å²) in [5.41, 5.74) is 6.08. The predicted octanol–water partition coefficient (Wildman–Crippen LogP) is 4.27. The van der Waals surface area contributed by atoms with E-state index in [1.807, 2.05) is 18.2 Å². The maximum absolute atomic E-state index is 12.0. The zero-order chi connectivity index (χ0) is 23.0. The summed E-state index contributed by atoms with van der Waals surface area (Å²) in [6, 6.07) is 24.5. The molecule has 2 amide bonds. The lowest BCUT2D eigenvalue weighted by atomic mass is 9.99. The number of fused-ring (bicyclic) bond motifs is 1. The third kappa shape index (κ3) is 6.14. The average molecular weight is 462 g/mol. The predicted molar refractivity (Wildman–Crippen MR) is 132 cm³/mol. The van der Waals surface area contributed by atoms with E-state index in [0.717, 1.165) is 37.9 Å². The first-order valence-electron chi connectivity index (χ1n) is 11.3. The molecule has 1 aliphatic rings. The Morgan fingerprint density at radius 1 is 0.848 bits per heavy atom. The van der Waals surface area contributed by atoms with Crippen molar-refractivity contribution < 1.29 is 9.59 Å². The SMILES string of the molecule is O=C(NCCCc1ccc(N2CCc3ccccc3C2)cc1)C(=O)NCc1ccccc1Cl. The van der Waals surface area contributed by atoms with Crippen LogP contribution in [0.25, 0.3) is 0 Å². The second kappa shape index (κ2) is 11.0. The number of benzene rings is 3. The van der Waals surface area contributed by atoms with Crippen molar-refractivity contribution in [1.29, 1.82) is 0 Å². The third-order valence-electron chi connectivity index (χ3n) is 5.96. The summed E-state index contributed by atoms with van der Waals surface area (Å²) in [4.78, 5) is 26.4. The van der Waals surface area contributed by atoms with Gasteiger partial charge in [-0.2, -0.15) is 0 Å². The van der Waals surface area contributed by atoms with Gasteiger partial charge in [0.05, 0.1) is 0 Å². The maximum Gasteiger partial charge on any atom is 0.309 e. The number of hydrogen-bond acceptors (Lipinski definition) is 3. The van der Waals surface area contributed by atoms with Gasteiger partial charge in [0.15, 0.2) is 0 Å². The van der Waals surface area contributed by atoms with Crippen LogP contribution in [-0.2, 0) is 35.5 Å². The van der Waals surface area contributed by atoms with Crippen LogP contribution in [0.2, 0.25) is 5.02 Å². The summed E-state index contributed by atoms with van der Waals surface area (Å²) in [6.07, 6.45) is 2.67. The van der Waals surface area contributed by atoms with E-state index < -0.39 is 11.8 Å². The van der Waals surface area contributed by atoms with Crippen molar-refractivity contribution in [2.24, 2.45) is 0 Å². The van der Waals surface area contributed by atoms with Crippen LogP contribution in [0.15, 0.2) is 72.8 Å². The second-order valence-corrected chi connectivity index (χ2v) is 8.65. The Hall–Kier alpha value is -3.31. The van der Waals surface area contributed by atoms with Gasteiger partial charge in [-0.15, -0.1) is 0 Å². The second-order valence-electron chi connectivity index (χ2n) is 8.24. The molecule has 0 unspecified atom stereocenters. The number of carbonyl (C=O) groups excluding carboxylic acids is 2. The minimum absolute atomic E-state index is 0.223. The number of nitrogens with zero attached hydrogens (tertiary/aromatic N) is 1. The molecule has 0 saturated heterocycles. The molecule has 3 aromatic carbocycles. The smallest absolute Gasteiger partial charge is 0.309 e. The molecule has 170 valence electrons. The van der Waals surface area contributed by atoms with Crippen LogP contribution in [0.5, 0.6) is 0 Å². The van der Waals surface area contributed by atoms with E-state index >= 15 is 0 Å². The van der Waals surface area contributed by atoms with Crippen molar-refractivity contribution in [3.8, 4) is 0 Å². The van der Waals surface area contributed by atoms with Gasteiger partial charge in [-0.25, -0.2) is 0 Å². The van der Waals surface area contributed by atoms with Gasteiger partial charge in [-0.3, -0.25) is 9.59 Å². The van der Waals surface area contributed by atoms with Crippen LogP contribution in [0.4, 0.5) is 5.69 Å². The molecule has 4 rings (SSSR count). The lowest BCUT2D eigenvalue weighted by Gasteiger charge is -2.30. The number of halogens is 1. The quantitative estimate of drug-likeness (QED) is 0.408. The Morgan fingerprint density at radius 2 is 1.55 bits per heavy atom. The highest BCUT2D eigenvalue weighted by Gasteiger charge is 2.16. The third-order valence-corrected chi connectivity index (χ3v) is 6.33. The fourth-order valence-corrected chi connectivity index (χ4v) is 4.26. The molecular weight excluding hydrogens is 434 g/mol. The first kappa shape index (κ1) is 22.9. The number of aryl methyl sites for hydroxylation is 1. The van der Waals surface area contributed by atoms with E-state index in [-0.39, 0.29) is 6.54 Å². The molecule has 0 saturated carbocycles. The van der Waals surface area contributed by atoms with Gasteiger partial charge < -0.3 is 15.5 Å². The molecule has 0 aliphatic carbocycles. The normalized spacial score (nSPS) is 12.7. The van der Waals surface area contributed by atoms with E-state index in [9.17, 15) is 9.59 Å². The Kier molecular flexibility index (Phi) is 7.63. The Morgan fingerprint density at radius 3 is 2.33 bits per heavy atom. The van der Waals surface area contributed by atoms with E-state index in [4.69, 9.17) is 11.6 Å². The molecule has 5 nitrogen and oxygen atoms in total. The Balaban J connectivity index is 1.17. The summed E-state index contributed by atoms with van der Waals surface area (Å²) in [7, 11) is 0. The van der Waals surface area contributed by atoms with Crippen molar-refractivity contribution >= 4 is 29.1 Å². The van der Waals surface area contributed by atoms with Crippen LogP contribution >= 0.6 is 11.6 Å². The minimum Gasteiger partial charge on any atom is -0.367 e. The molecule has 3 aromatic rings. The zero-order valence-corrected chi connectivity index (χ0v) is 19.3. The summed E-state index contributed by atoms with van der Waals surface area (Å²) in [5, 5.41) is 5.85. The molecule has 0 atom stereocenters. The highest BCUT2D eigenvalue weighted by molar-refractivity contribution is 6.35. The van der Waals surface area contributed by atoms with Gasteiger partial charge in [0.1, 0.15) is 0 Å². The van der Waals surface area contributed by atoms with Crippen molar-refractivity contribution in [2.45, 2.75) is 32.4 Å². The molecule has 0 fully saturated rings. The summed E-state index contributed by atoms with van der Waals surface area (Å²) in [6.45, 7) is 2.64. The minimum atomic E-state index is -0.651. The number of hydrogen-bond donors (Lipinski definition) is 2. The first-order chi connectivity index (χ1) is 16.1. The fraction of sp³-hybridized carbons (Fsp3) is 0.259. The topological polar surface area (TPSA) is 61.4 Å². The summed E-state index contributed by atoms with van der Waals surface area (Å²) in [5.74, 6) is -1.27. The van der Waals surface area contributed by atoms with Crippen LogP contribution in [0.3, 0.4) is 0 Å². The lowest BCUT2D eigenvalue weighted by Crippen LogP contribution is -2.40. The number of carbonyl (C=O) groups is 2. The molecule has 0 bridgehead atoms. The van der Waals surface area contributed by atoms with Gasteiger partial charge >= 0.3 is 11.8 Å². The molecule has 33 heavy (non-hydrogen) atoms. The maximum atomic E-state index is 12.0. The molecular formula is C27H28ClN3O2. The van der Waals surface area contributed by atoms with E-state index in [1.165, 1.54) is 22.4 Å². The molecule has 1 aliphatic heterocycles. The van der Waals surface area contributed by atoms with E-state index in [2.05, 4.69) is 64.1 Å². The number of rotatable bonds is 7. The number of anilines is 1. The van der Waals surface area contributed by atoms with Gasteiger partial charge in [-0.1, -0.05) is 66.2 Å². The first-order valence-corrected chi connectivity index (χ1v) is 11.7. The van der Waals surface area contributed by atoms with Crippen LogP contribution in [-0.4, -0.2) is 24.9 Å². The summed E-state index contributed by atoms with van der Waals surface area (Å²) >= 11 is 6.07. The molecule has 0 aromatic heterocycles. The van der Waals surface area contributed by atoms with Crippen LogP contribution in [0.1, 0.15) is 28.7 Å². The van der Waals surface area contributed by atoms with Crippen molar-refractivity contribution in [1.82, 2.24) is 10.6 Å². The van der Waals surface area contributed by atoms with E-state index in [0.29, 0.717) is 11.6 Å². The average Bonchev–Trinajstić information content (AvgIpc) is 2.86. The monoisotopic (exact) mass is 461 g/mol. The Bertz CT molecular complexity index is 1110. The molecule has 0 radical (unpaired) electrons. The van der Waals surface area contributed by atoms with Crippen molar-refractivity contribution in [3.05, 3.63) is 100 Å². The van der Waals surface area contributed by atoms with Gasteiger partial charge in [0.25, 0.3) is 0 Å². The van der Waals surface area contributed by atoms with Crippen LogP contribution in [0, 0.1) is 0 Å². The Labute approximate surface area is 199 Å². The van der Waals surface area contributed by atoms with E-state index in [1.54, 1.807) is 6.07 Å². The van der Waals surface area contributed by atoms with Gasteiger partial charge in [0.2, 0.25) is 0 Å².